The van der Waals surface area contributed by atoms with Crippen molar-refractivity contribution in [2.75, 3.05) is 0 Å². The molecule has 0 aromatic carbocycles. The highest BCUT2D eigenvalue weighted by Crippen LogP contribution is 2.34. The van der Waals surface area contributed by atoms with Crippen LogP contribution in [0.15, 0.2) is 22.9 Å². The largest absolute Gasteiger partial charge is 0.415 e. The first-order chi connectivity index (χ1) is 9.36. The second kappa shape index (κ2) is 5.92. The maximum absolute atomic E-state index is 13.0. The number of halogens is 3. The van der Waals surface area contributed by atoms with Crippen LogP contribution < -0.4 is 5.32 Å². The number of carbonyl (C=O) groups excluding carboxylic acids is 1. The fourth-order valence-electron chi connectivity index (χ4n) is 1.57. The second-order valence-electron chi connectivity index (χ2n) is 4.13. The number of aryl methyl sites for hydroxylation is 1. The van der Waals surface area contributed by atoms with E-state index in [0.29, 0.717) is 5.69 Å². The van der Waals surface area contributed by atoms with Gasteiger partial charge in [0, 0.05) is 16.0 Å². The van der Waals surface area contributed by atoms with Crippen molar-refractivity contribution in [3.8, 4) is 0 Å². The Balaban J connectivity index is 2.10. The molecule has 2 aromatic rings. The minimum atomic E-state index is -4.56. The van der Waals surface area contributed by atoms with Crippen LogP contribution in [0.5, 0.6) is 0 Å². The van der Waals surface area contributed by atoms with E-state index in [1.807, 2.05) is 5.32 Å². The first-order valence-electron chi connectivity index (χ1n) is 5.67. The third-order valence-electron chi connectivity index (χ3n) is 2.43. The van der Waals surface area contributed by atoms with E-state index >= 15 is 0 Å². The molecule has 0 bridgehead atoms. The fourth-order valence-corrected chi connectivity index (χ4v) is 3.14. The molecule has 0 aliphatic rings. The van der Waals surface area contributed by atoms with Crippen LogP contribution in [0, 0.1) is 6.92 Å². The minimum Gasteiger partial charge on any atom is -0.339 e. The summed E-state index contributed by atoms with van der Waals surface area (Å²) in [7, 11) is 0. The van der Waals surface area contributed by atoms with Gasteiger partial charge in [0.25, 0.3) is 0 Å². The Labute approximate surface area is 121 Å². The average molecular weight is 320 g/mol. The molecule has 1 unspecified atom stereocenters. The molecular formula is C12H11F3N2OS2. The van der Waals surface area contributed by atoms with E-state index in [9.17, 15) is 18.0 Å². The summed E-state index contributed by atoms with van der Waals surface area (Å²) < 4.78 is 39.0. The van der Waals surface area contributed by atoms with Gasteiger partial charge in [-0.05, 0) is 18.4 Å². The number of thiophene rings is 1. The topological polar surface area (TPSA) is 42.0 Å². The maximum atomic E-state index is 13.0. The molecular weight excluding hydrogens is 309 g/mol. The van der Waals surface area contributed by atoms with E-state index in [1.165, 1.54) is 16.7 Å². The van der Waals surface area contributed by atoms with E-state index in [2.05, 4.69) is 4.98 Å². The number of nitrogens with one attached hydrogen (secondary N) is 1. The standard InChI is InChI=1S/C12H11F3N2OS2/c1-7-6-20-11(16-7)10(12(13,14)15)17-9(18)5-8-3-2-4-19-8/h2-4,6,10H,5H2,1H3,(H,17,18). The van der Waals surface area contributed by atoms with Gasteiger partial charge in [-0.25, -0.2) is 4.98 Å². The Morgan fingerprint density at radius 1 is 1.45 bits per heavy atom. The van der Waals surface area contributed by atoms with Crippen LogP contribution in [0.2, 0.25) is 0 Å². The van der Waals surface area contributed by atoms with Crippen LogP contribution in [0.3, 0.4) is 0 Å². The van der Waals surface area contributed by atoms with Crippen LogP contribution in [0.25, 0.3) is 0 Å². The van der Waals surface area contributed by atoms with Gasteiger partial charge in [0.2, 0.25) is 5.91 Å². The predicted molar refractivity (Wildman–Crippen MR) is 71.8 cm³/mol. The van der Waals surface area contributed by atoms with Gasteiger partial charge in [-0.15, -0.1) is 22.7 Å². The number of nitrogens with zero attached hydrogens (tertiary/aromatic N) is 1. The number of carbonyl (C=O) groups is 1. The first-order valence-corrected chi connectivity index (χ1v) is 7.42. The molecule has 2 heterocycles. The van der Waals surface area contributed by atoms with Crippen LogP contribution in [0.1, 0.15) is 21.6 Å². The SMILES string of the molecule is Cc1csc(C(NC(=O)Cc2cccs2)C(F)(F)F)n1. The van der Waals surface area contributed by atoms with Gasteiger partial charge < -0.3 is 5.32 Å². The van der Waals surface area contributed by atoms with Crippen LogP contribution in [0.4, 0.5) is 13.2 Å². The minimum absolute atomic E-state index is 0.0609. The Bertz CT molecular complexity index is 578. The highest BCUT2D eigenvalue weighted by molar-refractivity contribution is 7.10. The zero-order valence-electron chi connectivity index (χ0n) is 10.4. The average Bonchev–Trinajstić information content (AvgIpc) is 2.96. The van der Waals surface area contributed by atoms with E-state index in [4.69, 9.17) is 0 Å². The molecule has 0 fully saturated rings. The van der Waals surface area contributed by atoms with Crippen molar-refractivity contribution in [2.24, 2.45) is 0 Å². The van der Waals surface area contributed by atoms with Gasteiger partial charge in [0.1, 0.15) is 5.01 Å². The zero-order chi connectivity index (χ0) is 14.8. The van der Waals surface area contributed by atoms with Gasteiger partial charge in [0.05, 0.1) is 6.42 Å². The molecule has 0 radical (unpaired) electrons. The van der Waals surface area contributed by atoms with E-state index in [0.717, 1.165) is 16.2 Å². The molecule has 108 valence electrons. The van der Waals surface area contributed by atoms with Crippen molar-refractivity contribution in [1.29, 1.82) is 0 Å². The summed E-state index contributed by atoms with van der Waals surface area (Å²) in [5.74, 6) is -0.664. The predicted octanol–water partition coefficient (Wildman–Crippen LogP) is 3.48. The lowest BCUT2D eigenvalue weighted by Crippen LogP contribution is -2.38. The van der Waals surface area contributed by atoms with Crippen LogP contribution >= 0.6 is 22.7 Å². The van der Waals surface area contributed by atoms with Crippen LogP contribution in [-0.4, -0.2) is 17.1 Å². The Morgan fingerprint density at radius 2 is 2.20 bits per heavy atom. The summed E-state index contributed by atoms with van der Waals surface area (Å²) in [4.78, 5) is 16.3. The molecule has 0 aliphatic carbocycles. The molecule has 2 rings (SSSR count). The highest BCUT2D eigenvalue weighted by Gasteiger charge is 2.43. The lowest BCUT2D eigenvalue weighted by Gasteiger charge is -2.19. The zero-order valence-corrected chi connectivity index (χ0v) is 12.0. The van der Waals surface area contributed by atoms with Gasteiger partial charge in [0.15, 0.2) is 6.04 Å². The normalized spacial score (nSPS) is 13.2. The molecule has 1 amide bonds. The second-order valence-corrected chi connectivity index (χ2v) is 6.05. The summed E-state index contributed by atoms with van der Waals surface area (Å²) in [5.41, 5.74) is 0.506. The molecule has 3 nitrogen and oxygen atoms in total. The molecule has 0 spiro atoms. The summed E-state index contributed by atoms with van der Waals surface area (Å²) in [6, 6.07) is 1.41. The Hall–Kier alpha value is -1.41. The molecule has 1 atom stereocenters. The molecule has 1 N–H and O–H groups in total. The summed E-state index contributed by atoms with van der Waals surface area (Å²) in [5, 5.41) is 5.17. The Morgan fingerprint density at radius 3 is 2.70 bits per heavy atom. The number of hydrogen-bond acceptors (Lipinski definition) is 4. The quantitative estimate of drug-likeness (QED) is 0.937. The molecule has 0 aliphatic heterocycles. The van der Waals surface area contributed by atoms with Gasteiger partial charge in [-0.3, -0.25) is 4.79 Å². The van der Waals surface area contributed by atoms with Crippen LogP contribution in [-0.2, 0) is 11.2 Å². The smallest absolute Gasteiger partial charge is 0.339 e. The number of amides is 1. The summed E-state index contributed by atoms with van der Waals surface area (Å²) >= 11 is 2.22. The monoisotopic (exact) mass is 320 g/mol. The van der Waals surface area contributed by atoms with E-state index in [1.54, 1.807) is 24.4 Å². The molecule has 0 saturated carbocycles. The number of alkyl halides is 3. The summed E-state index contributed by atoms with van der Waals surface area (Å²) in [6.45, 7) is 1.61. The van der Waals surface area contributed by atoms with E-state index < -0.39 is 18.1 Å². The molecule has 20 heavy (non-hydrogen) atoms. The third-order valence-corrected chi connectivity index (χ3v) is 4.34. The van der Waals surface area contributed by atoms with Crippen molar-refractivity contribution < 1.29 is 18.0 Å². The lowest BCUT2D eigenvalue weighted by atomic mass is 10.2. The molecule has 2 aromatic heterocycles. The van der Waals surface area contributed by atoms with Crippen molar-refractivity contribution in [3.05, 3.63) is 38.5 Å². The number of rotatable bonds is 4. The van der Waals surface area contributed by atoms with Gasteiger partial charge >= 0.3 is 6.18 Å². The summed E-state index contributed by atoms with van der Waals surface area (Å²) in [6.07, 6.45) is -4.62. The fraction of sp³-hybridized carbons (Fsp3) is 0.333. The van der Waals surface area contributed by atoms with Crippen molar-refractivity contribution in [3.63, 3.8) is 0 Å². The Kier molecular flexibility index (Phi) is 4.44. The number of thiazole rings is 1. The maximum Gasteiger partial charge on any atom is 0.415 e. The van der Waals surface area contributed by atoms with E-state index in [-0.39, 0.29) is 11.4 Å². The number of hydrogen-bond donors (Lipinski definition) is 1. The van der Waals surface area contributed by atoms with Crippen molar-refractivity contribution in [1.82, 2.24) is 10.3 Å². The number of aromatic nitrogens is 1. The lowest BCUT2D eigenvalue weighted by molar-refractivity contribution is -0.163. The molecule has 8 heteroatoms. The third kappa shape index (κ3) is 3.80. The first kappa shape index (κ1) is 15.0. The van der Waals surface area contributed by atoms with Crippen molar-refractivity contribution in [2.45, 2.75) is 25.6 Å². The highest BCUT2D eigenvalue weighted by atomic mass is 32.1. The van der Waals surface area contributed by atoms with Gasteiger partial charge in [-0.1, -0.05) is 6.07 Å². The van der Waals surface area contributed by atoms with Gasteiger partial charge in [-0.2, -0.15) is 13.2 Å². The van der Waals surface area contributed by atoms with Crippen molar-refractivity contribution >= 4 is 28.6 Å². The molecule has 0 saturated heterocycles.